The van der Waals surface area contributed by atoms with E-state index in [-0.39, 0.29) is 17.9 Å². The number of urea groups is 1. The van der Waals surface area contributed by atoms with Gasteiger partial charge in [-0.3, -0.25) is 9.59 Å². The van der Waals surface area contributed by atoms with Crippen molar-refractivity contribution in [3.8, 4) is 5.75 Å². The van der Waals surface area contributed by atoms with Crippen LogP contribution in [0, 0.1) is 12.3 Å². The number of β-lactam (4-membered cyclic amide) rings is 1. The third kappa shape index (κ3) is 6.54. The van der Waals surface area contributed by atoms with Crippen molar-refractivity contribution in [2.45, 2.75) is 72.2 Å². The molecule has 2 N–H and O–H groups in total. The van der Waals surface area contributed by atoms with E-state index in [2.05, 4.69) is 17.6 Å². The molecular weight excluding hydrogens is 480 g/mol. The maximum atomic E-state index is 13.4. The number of ether oxygens (including phenoxy) is 1. The summed E-state index contributed by atoms with van der Waals surface area (Å²) in [4.78, 5) is 41.7. The SMILES string of the molecule is CCCC(NC(=O)N1C(=O)C(CC)(CC)[C@@H]1Oc1ccc(CNC(=O)CN(C)C)cc1)c1ccc(C)cc1. The van der Waals surface area contributed by atoms with Gasteiger partial charge in [-0.25, -0.2) is 9.69 Å². The van der Waals surface area contributed by atoms with Crippen LogP contribution in [0.4, 0.5) is 4.79 Å². The molecule has 206 valence electrons. The molecule has 4 amide bonds. The zero-order valence-electron chi connectivity index (χ0n) is 23.5. The minimum absolute atomic E-state index is 0.0485. The highest BCUT2D eigenvalue weighted by Crippen LogP contribution is 2.46. The van der Waals surface area contributed by atoms with Crippen LogP contribution in [0.5, 0.6) is 5.75 Å². The number of hydrogen-bond acceptors (Lipinski definition) is 5. The number of nitrogens with one attached hydrogen (secondary N) is 2. The zero-order valence-corrected chi connectivity index (χ0v) is 23.5. The number of likely N-dealkylation sites (tertiary alicyclic amines) is 1. The molecule has 0 aromatic heterocycles. The number of rotatable bonds is 12. The molecule has 0 aliphatic carbocycles. The molecule has 3 rings (SSSR count). The number of likely N-dealkylation sites (N-methyl/N-ethyl adjacent to an activating group) is 1. The molecule has 0 bridgehead atoms. The summed E-state index contributed by atoms with van der Waals surface area (Å²) in [5.41, 5.74) is 2.35. The third-order valence-electron chi connectivity index (χ3n) is 7.31. The van der Waals surface area contributed by atoms with Crippen LogP contribution in [0.3, 0.4) is 0 Å². The minimum Gasteiger partial charge on any atom is -0.469 e. The van der Waals surface area contributed by atoms with Crippen LogP contribution in [0.2, 0.25) is 0 Å². The van der Waals surface area contributed by atoms with Crippen molar-refractivity contribution in [3.05, 3.63) is 65.2 Å². The van der Waals surface area contributed by atoms with Gasteiger partial charge in [0.05, 0.1) is 12.6 Å². The fourth-order valence-electron chi connectivity index (χ4n) is 4.89. The number of aryl methyl sites for hydroxylation is 1. The predicted molar refractivity (Wildman–Crippen MR) is 148 cm³/mol. The highest BCUT2D eigenvalue weighted by molar-refractivity contribution is 6.03. The molecular formula is C30H42N4O4. The van der Waals surface area contributed by atoms with Crippen LogP contribution in [-0.4, -0.2) is 54.5 Å². The maximum Gasteiger partial charge on any atom is 0.327 e. The van der Waals surface area contributed by atoms with Crippen LogP contribution in [0.25, 0.3) is 0 Å². The molecule has 1 unspecified atom stereocenters. The van der Waals surface area contributed by atoms with Crippen molar-refractivity contribution >= 4 is 17.8 Å². The summed E-state index contributed by atoms with van der Waals surface area (Å²) in [5.74, 6) is 0.315. The van der Waals surface area contributed by atoms with Gasteiger partial charge in [-0.2, -0.15) is 0 Å². The second-order valence-corrected chi connectivity index (χ2v) is 10.4. The average Bonchev–Trinajstić information content (AvgIpc) is 2.89. The Labute approximate surface area is 226 Å². The summed E-state index contributed by atoms with van der Waals surface area (Å²) in [6.45, 7) is 8.76. The van der Waals surface area contributed by atoms with E-state index in [0.29, 0.717) is 31.7 Å². The summed E-state index contributed by atoms with van der Waals surface area (Å²) >= 11 is 0. The molecule has 1 aliphatic rings. The van der Waals surface area contributed by atoms with Gasteiger partial charge in [-0.05, 0) is 63.5 Å². The normalized spacial score (nSPS) is 17.1. The first-order chi connectivity index (χ1) is 18.1. The standard InChI is InChI=1S/C30H42N4O4/c1-7-10-25(23-15-11-21(4)12-16-23)32-29(37)34-27(36)30(8-2,9-3)28(34)38-24-17-13-22(14-18-24)19-31-26(35)20-33(5)6/h11-18,25,28H,7-10,19-20H2,1-6H3,(H,31,35)(H,32,37)/t25?,28-/m0/s1. The first kappa shape index (κ1) is 29.2. The number of amides is 4. The fraction of sp³-hybridized carbons (Fsp3) is 0.500. The van der Waals surface area contributed by atoms with Crippen molar-refractivity contribution in [1.82, 2.24) is 20.4 Å². The molecule has 0 radical (unpaired) electrons. The molecule has 38 heavy (non-hydrogen) atoms. The molecule has 1 heterocycles. The second kappa shape index (κ2) is 12.9. The lowest BCUT2D eigenvalue weighted by Crippen LogP contribution is -2.73. The number of carbonyl (C=O) groups excluding carboxylic acids is 3. The Hall–Kier alpha value is -3.39. The van der Waals surface area contributed by atoms with E-state index in [1.165, 1.54) is 4.90 Å². The van der Waals surface area contributed by atoms with Gasteiger partial charge in [-0.1, -0.05) is 69.2 Å². The molecule has 0 saturated carbocycles. The van der Waals surface area contributed by atoms with Crippen molar-refractivity contribution in [1.29, 1.82) is 0 Å². The van der Waals surface area contributed by atoms with Gasteiger partial charge < -0.3 is 20.3 Å². The highest BCUT2D eigenvalue weighted by atomic mass is 16.5. The molecule has 8 nitrogen and oxygen atoms in total. The zero-order chi connectivity index (χ0) is 27.9. The van der Waals surface area contributed by atoms with E-state index >= 15 is 0 Å². The number of benzene rings is 2. The lowest BCUT2D eigenvalue weighted by molar-refractivity contribution is -0.191. The third-order valence-corrected chi connectivity index (χ3v) is 7.31. The van der Waals surface area contributed by atoms with Crippen molar-refractivity contribution in [2.24, 2.45) is 5.41 Å². The van der Waals surface area contributed by atoms with Crippen LogP contribution >= 0.6 is 0 Å². The monoisotopic (exact) mass is 522 g/mol. The van der Waals surface area contributed by atoms with Crippen LogP contribution < -0.4 is 15.4 Å². The lowest BCUT2D eigenvalue weighted by Gasteiger charge is -2.53. The maximum absolute atomic E-state index is 13.4. The van der Waals surface area contributed by atoms with Crippen molar-refractivity contribution in [2.75, 3.05) is 20.6 Å². The van der Waals surface area contributed by atoms with Gasteiger partial charge >= 0.3 is 6.03 Å². The molecule has 2 aromatic rings. The topological polar surface area (TPSA) is 91.0 Å². The second-order valence-electron chi connectivity index (χ2n) is 10.4. The van der Waals surface area contributed by atoms with Gasteiger partial charge in [0.25, 0.3) is 0 Å². The predicted octanol–water partition coefficient (Wildman–Crippen LogP) is 4.78. The van der Waals surface area contributed by atoms with E-state index in [0.717, 1.165) is 29.5 Å². The van der Waals surface area contributed by atoms with Crippen molar-refractivity contribution in [3.63, 3.8) is 0 Å². The quantitative estimate of drug-likeness (QED) is 0.392. The Balaban J connectivity index is 1.73. The summed E-state index contributed by atoms with van der Waals surface area (Å²) in [5, 5.41) is 5.97. The van der Waals surface area contributed by atoms with Crippen molar-refractivity contribution < 1.29 is 19.1 Å². The van der Waals surface area contributed by atoms with Crippen LogP contribution in [0.1, 0.15) is 69.2 Å². The van der Waals surface area contributed by atoms with E-state index in [4.69, 9.17) is 4.74 Å². The van der Waals surface area contributed by atoms with Gasteiger partial charge in [0, 0.05) is 6.54 Å². The average molecular weight is 523 g/mol. The number of hydrogen-bond donors (Lipinski definition) is 2. The summed E-state index contributed by atoms with van der Waals surface area (Å²) < 4.78 is 6.30. The molecule has 2 atom stereocenters. The molecule has 1 saturated heterocycles. The first-order valence-electron chi connectivity index (χ1n) is 13.5. The van der Waals surface area contributed by atoms with Gasteiger partial charge in [0.2, 0.25) is 11.8 Å². The number of nitrogens with zero attached hydrogens (tertiary/aromatic N) is 2. The Bertz CT molecular complexity index is 1090. The molecule has 8 heteroatoms. The number of imide groups is 1. The lowest BCUT2D eigenvalue weighted by atomic mass is 9.72. The van der Waals surface area contributed by atoms with Gasteiger partial charge in [0.15, 0.2) is 6.23 Å². The van der Waals surface area contributed by atoms with E-state index < -0.39 is 17.7 Å². The smallest absolute Gasteiger partial charge is 0.327 e. The molecule has 0 spiro atoms. The van der Waals surface area contributed by atoms with Gasteiger partial charge in [0.1, 0.15) is 11.2 Å². The Morgan fingerprint density at radius 1 is 1.03 bits per heavy atom. The van der Waals surface area contributed by atoms with E-state index in [9.17, 15) is 14.4 Å². The number of carbonyl (C=O) groups is 3. The van der Waals surface area contributed by atoms with E-state index in [1.54, 1.807) is 0 Å². The Kier molecular flexibility index (Phi) is 9.91. The van der Waals surface area contributed by atoms with E-state index in [1.807, 2.05) is 88.3 Å². The molecule has 2 aromatic carbocycles. The summed E-state index contributed by atoms with van der Waals surface area (Å²) in [6.07, 6.45) is 2.10. The minimum atomic E-state index is -0.750. The van der Waals surface area contributed by atoms with Crippen LogP contribution in [0.15, 0.2) is 48.5 Å². The van der Waals surface area contributed by atoms with Crippen LogP contribution in [-0.2, 0) is 16.1 Å². The largest absolute Gasteiger partial charge is 0.469 e. The Morgan fingerprint density at radius 3 is 2.21 bits per heavy atom. The van der Waals surface area contributed by atoms with Gasteiger partial charge in [-0.15, -0.1) is 0 Å². The fourth-order valence-corrected chi connectivity index (χ4v) is 4.89. The summed E-state index contributed by atoms with van der Waals surface area (Å²) in [7, 11) is 3.69. The highest BCUT2D eigenvalue weighted by Gasteiger charge is 2.63. The Morgan fingerprint density at radius 2 is 1.66 bits per heavy atom. The molecule has 1 aliphatic heterocycles. The first-order valence-corrected chi connectivity index (χ1v) is 13.5. The molecule has 1 fully saturated rings. The summed E-state index contributed by atoms with van der Waals surface area (Å²) in [6, 6.07) is 14.9.